The van der Waals surface area contributed by atoms with Crippen molar-refractivity contribution in [2.75, 3.05) is 19.9 Å². The molecular weight excluding hydrogens is 134 g/mol. The molecule has 0 radical (unpaired) electrons. The van der Waals surface area contributed by atoms with Gasteiger partial charge in [-0.25, -0.2) is 0 Å². The van der Waals surface area contributed by atoms with Gasteiger partial charge in [-0.3, -0.25) is 4.90 Å². The summed E-state index contributed by atoms with van der Waals surface area (Å²) < 4.78 is 10.0. The van der Waals surface area contributed by atoms with E-state index in [0.717, 1.165) is 0 Å². The summed E-state index contributed by atoms with van der Waals surface area (Å²) >= 11 is 0. The molecule has 0 aromatic rings. The smallest absolute Gasteiger partial charge is 0.200 e. The lowest BCUT2D eigenvalue weighted by molar-refractivity contribution is -0.0337. The molecule has 2 fully saturated rings. The Labute approximate surface area is 58.6 Å². The van der Waals surface area contributed by atoms with Crippen LogP contribution in [0.3, 0.4) is 0 Å². The van der Waals surface area contributed by atoms with Gasteiger partial charge in [0, 0.05) is 0 Å². The second kappa shape index (κ2) is 1.65. The number of ether oxygens (including phenoxy) is 2. The zero-order valence-electron chi connectivity index (χ0n) is 5.54. The van der Waals surface area contributed by atoms with E-state index >= 15 is 0 Å². The molecule has 0 aliphatic carbocycles. The topological polar surface area (TPSA) is 41.9 Å². The Morgan fingerprint density at radius 1 is 1.60 bits per heavy atom. The molecule has 0 spiro atoms. The van der Waals surface area contributed by atoms with Crippen LogP contribution in [0.1, 0.15) is 0 Å². The Hall–Kier alpha value is -0.740. The average molecular weight is 143 g/mol. The molecule has 0 saturated carbocycles. The van der Waals surface area contributed by atoms with Crippen molar-refractivity contribution in [3.63, 3.8) is 0 Å². The van der Waals surface area contributed by atoms with E-state index in [9.17, 15) is 5.11 Å². The lowest BCUT2D eigenvalue weighted by Gasteiger charge is -2.20. The van der Waals surface area contributed by atoms with Gasteiger partial charge < -0.3 is 14.6 Å². The van der Waals surface area contributed by atoms with Crippen LogP contribution in [-0.4, -0.2) is 35.7 Å². The largest absolute Gasteiger partial charge is 0.474 e. The molecule has 2 aliphatic heterocycles. The van der Waals surface area contributed by atoms with Gasteiger partial charge in [0.05, 0.1) is 0 Å². The minimum atomic E-state index is -0.933. The third-order valence-corrected chi connectivity index (χ3v) is 1.83. The van der Waals surface area contributed by atoms with E-state index in [4.69, 9.17) is 9.47 Å². The molecule has 2 aliphatic rings. The molecule has 1 N–H and O–H groups in total. The van der Waals surface area contributed by atoms with Gasteiger partial charge in [0.25, 0.3) is 0 Å². The monoisotopic (exact) mass is 143 g/mol. The molecular formula is C6H9NO3. The highest BCUT2D eigenvalue weighted by molar-refractivity contribution is 5.00. The van der Waals surface area contributed by atoms with Crippen LogP contribution in [-0.2, 0) is 9.47 Å². The summed E-state index contributed by atoms with van der Waals surface area (Å²) in [6, 6.07) is 0. The van der Waals surface area contributed by atoms with Gasteiger partial charge in [-0.15, -0.1) is 0 Å². The summed E-state index contributed by atoms with van der Waals surface area (Å²) in [5, 5.41) is 9.62. The number of hydrogen-bond donors (Lipinski definition) is 1. The van der Waals surface area contributed by atoms with Gasteiger partial charge in [-0.1, -0.05) is 0 Å². The maximum absolute atomic E-state index is 9.62. The average Bonchev–Trinajstić information content (AvgIpc) is 2.35. The first-order chi connectivity index (χ1) is 4.72. The van der Waals surface area contributed by atoms with Crippen LogP contribution >= 0.6 is 0 Å². The molecule has 2 heterocycles. The lowest BCUT2D eigenvalue weighted by atomic mass is 10.3. The first-order valence-electron chi connectivity index (χ1n) is 3.12. The Kier molecular flexibility index (Phi) is 0.988. The van der Waals surface area contributed by atoms with E-state index in [-0.39, 0.29) is 6.61 Å². The third-order valence-electron chi connectivity index (χ3n) is 1.83. The van der Waals surface area contributed by atoms with Crippen molar-refractivity contribution in [3.8, 4) is 0 Å². The Morgan fingerprint density at radius 2 is 2.40 bits per heavy atom. The second-order valence-electron chi connectivity index (χ2n) is 2.57. The fraction of sp³-hybridized carbons (Fsp3) is 0.667. The van der Waals surface area contributed by atoms with Gasteiger partial charge >= 0.3 is 0 Å². The van der Waals surface area contributed by atoms with Crippen molar-refractivity contribution in [1.82, 2.24) is 4.90 Å². The SMILES string of the molecule is C=C1OCC2(O)COCN12. The lowest BCUT2D eigenvalue weighted by Crippen LogP contribution is -2.41. The molecule has 56 valence electrons. The van der Waals surface area contributed by atoms with Crippen LogP contribution in [0.5, 0.6) is 0 Å². The van der Waals surface area contributed by atoms with E-state index in [2.05, 4.69) is 6.58 Å². The number of hydrogen-bond acceptors (Lipinski definition) is 4. The van der Waals surface area contributed by atoms with Crippen LogP contribution in [0.2, 0.25) is 0 Å². The summed E-state index contributed by atoms with van der Waals surface area (Å²) in [5.74, 6) is 0.500. The molecule has 0 amide bonds. The van der Waals surface area contributed by atoms with Crippen molar-refractivity contribution in [2.24, 2.45) is 0 Å². The van der Waals surface area contributed by atoms with E-state index in [0.29, 0.717) is 19.2 Å². The number of rotatable bonds is 0. The van der Waals surface area contributed by atoms with Gasteiger partial charge in [0.1, 0.15) is 19.9 Å². The fourth-order valence-corrected chi connectivity index (χ4v) is 1.20. The molecule has 0 aromatic carbocycles. The van der Waals surface area contributed by atoms with Crippen molar-refractivity contribution in [2.45, 2.75) is 5.72 Å². The highest BCUT2D eigenvalue weighted by Crippen LogP contribution is 2.30. The first-order valence-corrected chi connectivity index (χ1v) is 3.12. The maximum atomic E-state index is 9.62. The molecule has 4 heteroatoms. The highest BCUT2D eigenvalue weighted by Gasteiger charge is 2.47. The van der Waals surface area contributed by atoms with Crippen LogP contribution in [0.25, 0.3) is 0 Å². The quantitative estimate of drug-likeness (QED) is 0.495. The predicted octanol–water partition coefficient (Wildman–Crippen LogP) is -0.534. The molecule has 10 heavy (non-hydrogen) atoms. The molecule has 0 bridgehead atoms. The highest BCUT2D eigenvalue weighted by atomic mass is 16.6. The van der Waals surface area contributed by atoms with Gasteiger partial charge in [0.2, 0.25) is 5.72 Å². The van der Waals surface area contributed by atoms with Gasteiger partial charge in [-0.05, 0) is 6.58 Å². The molecule has 1 unspecified atom stereocenters. The molecule has 2 saturated heterocycles. The van der Waals surface area contributed by atoms with Crippen LogP contribution in [0.15, 0.2) is 12.5 Å². The van der Waals surface area contributed by atoms with Crippen LogP contribution in [0, 0.1) is 0 Å². The Morgan fingerprint density at radius 3 is 3.10 bits per heavy atom. The van der Waals surface area contributed by atoms with Crippen molar-refractivity contribution < 1.29 is 14.6 Å². The van der Waals surface area contributed by atoms with Gasteiger partial charge in [0.15, 0.2) is 5.88 Å². The number of fused-ring (bicyclic) bond motifs is 1. The van der Waals surface area contributed by atoms with Crippen molar-refractivity contribution in [1.29, 1.82) is 0 Å². The van der Waals surface area contributed by atoms with Gasteiger partial charge in [-0.2, -0.15) is 0 Å². The zero-order chi connectivity index (χ0) is 7.19. The summed E-state index contributed by atoms with van der Waals surface area (Å²) in [6.45, 7) is 4.57. The van der Waals surface area contributed by atoms with Crippen LogP contribution in [0.4, 0.5) is 0 Å². The Bertz CT molecular complexity index is 182. The van der Waals surface area contributed by atoms with Crippen LogP contribution < -0.4 is 0 Å². The van der Waals surface area contributed by atoms with Crippen molar-refractivity contribution >= 4 is 0 Å². The molecule has 2 rings (SSSR count). The maximum Gasteiger partial charge on any atom is 0.200 e. The molecule has 4 nitrogen and oxygen atoms in total. The van der Waals surface area contributed by atoms with E-state index in [1.807, 2.05) is 0 Å². The van der Waals surface area contributed by atoms with E-state index in [1.165, 1.54) is 0 Å². The predicted molar refractivity (Wildman–Crippen MR) is 32.7 cm³/mol. The summed E-state index contributed by atoms with van der Waals surface area (Å²) in [4.78, 5) is 1.62. The molecule has 0 aromatic heterocycles. The second-order valence-corrected chi connectivity index (χ2v) is 2.57. The Balaban J connectivity index is 2.27. The summed E-state index contributed by atoms with van der Waals surface area (Å²) in [7, 11) is 0. The number of nitrogens with zero attached hydrogens (tertiary/aromatic N) is 1. The van der Waals surface area contributed by atoms with Crippen molar-refractivity contribution in [3.05, 3.63) is 12.5 Å². The summed E-state index contributed by atoms with van der Waals surface area (Å²) in [5.41, 5.74) is -0.933. The third kappa shape index (κ3) is 0.574. The van der Waals surface area contributed by atoms with E-state index in [1.54, 1.807) is 4.90 Å². The normalized spacial score (nSPS) is 38.1. The zero-order valence-corrected chi connectivity index (χ0v) is 5.54. The minimum absolute atomic E-state index is 0.270. The summed E-state index contributed by atoms with van der Waals surface area (Å²) in [6.07, 6.45) is 0. The fourth-order valence-electron chi connectivity index (χ4n) is 1.20. The van der Waals surface area contributed by atoms with E-state index < -0.39 is 5.72 Å². The standard InChI is InChI=1S/C6H9NO3/c1-5-7-4-9-2-6(7,8)3-10-5/h8H,1-4H2. The minimum Gasteiger partial charge on any atom is -0.474 e. The molecule has 1 atom stereocenters. The first kappa shape index (κ1) is 6.00. The number of aliphatic hydroxyl groups is 1.